The van der Waals surface area contributed by atoms with E-state index in [2.05, 4.69) is 37.5 Å². The summed E-state index contributed by atoms with van der Waals surface area (Å²) in [5.74, 6) is 1.25. The zero-order chi connectivity index (χ0) is 20.3. The van der Waals surface area contributed by atoms with Crippen molar-refractivity contribution in [1.29, 1.82) is 0 Å². The zero-order valence-electron chi connectivity index (χ0n) is 16.6. The van der Waals surface area contributed by atoms with Crippen LogP contribution in [0, 0.1) is 5.92 Å². The van der Waals surface area contributed by atoms with Crippen LogP contribution in [0.4, 0.5) is 5.82 Å². The molecule has 5 rings (SSSR count). The van der Waals surface area contributed by atoms with E-state index in [9.17, 15) is 4.79 Å². The molecule has 1 aromatic carbocycles. The van der Waals surface area contributed by atoms with Crippen molar-refractivity contribution in [1.82, 2.24) is 20.5 Å². The molecule has 152 valence electrons. The summed E-state index contributed by atoms with van der Waals surface area (Å²) in [5.41, 5.74) is 4.21. The maximum atomic E-state index is 12.5. The number of carbonyl (C=O) groups excluding carboxylic acids is 1. The van der Waals surface area contributed by atoms with Gasteiger partial charge in [-0.2, -0.15) is 0 Å². The van der Waals surface area contributed by atoms with Gasteiger partial charge in [0.25, 0.3) is 0 Å². The number of anilines is 1. The maximum absolute atomic E-state index is 12.5. The number of pyridine rings is 1. The summed E-state index contributed by atoms with van der Waals surface area (Å²) in [6.07, 6.45) is 3.73. The molecule has 2 aliphatic heterocycles. The van der Waals surface area contributed by atoms with E-state index in [1.54, 1.807) is 12.4 Å². The first-order chi connectivity index (χ1) is 14.8. The lowest BCUT2D eigenvalue weighted by Crippen LogP contribution is -2.53. The molecule has 0 bridgehead atoms. The second-order valence-corrected chi connectivity index (χ2v) is 7.80. The highest BCUT2D eigenvalue weighted by Gasteiger charge is 2.30. The van der Waals surface area contributed by atoms with Gasteiger partial charge in [-0.3, -0.25) is 9.78 Å². The molecular formula is C23H23N5O2. The second kappa shape index (κ2) is 8.20. The summed E-state index contributed by atoms with van der Waals surface area (Å²) in [4.78, 5) is 18.7. The van der Waals surface area contributed by atoms with E-state index >= 15 is 0 Å². The van der Waals surface area contributed by atoms with Gasteiger partial charge >= 0.3 is 0 Å². The standard InChI is InChI=1S/C23H23N5O2/c29-23(21-11-18-3-1-2-4-19(18)15-30-21)25-12-16-13-28(14-16)22-6-5-20(26-27-22)17-7-9-24-10-8-17/h1-10,16,21H,11-15H2,(H,25,29). The molecule has 30 heavy (non-hydrogen) atoms. The average molecular weight is 401 g/mol. The Hall–Kier alpha value is -3.32. The minimum Gasteiger partial charge on any atom is -0.363 e. The van der Waals surface area contributed by atoms with Crippen LogP contribution in [0.5, 0.6) is 0 Å². The van der Waals surface area contributed by atoms with Crippen LogP contribution in [0.3, 0.4) is 0 Å². The predicted molar refractivity (Wildman–Crippen MR) is 113 cm³/mol. The molecule has 1 N–H and O–H groups in total. The molecule has 0 aliphatic carbocycles. The Morgan fingerprint density at radius 1 is 1.03 bits per heavy atom. The Labute approximate surface area is 175 Å². The number of fused-ring (bicyclic) bond motifs is 1. The minimum atomic E-state index is -0.400. The lowest BCUT2D eigenvalue weighted by atomic mass is 9.98. The lowest BCUT2D eigenvalue weighted by molar-refractivity contribution is -0.134. The van der Waals surface area contributed by atoms with Crippen LogP contribution in [-0.2, 0) is 22.6 Å². The van der Waals surface area contributed by atoms with Crippen LogP contribution in [0.15, 0.2) is 60.9 Å². The summed E-state index contributed by atoms with van der Waals surface area (Å²) in [6, 6.07) is 15.9. The Bertz CT molecular complexity index is 1020. The molecule has 4 heterocycles. The van der Waals surface area contributed by atoms with Crippen LogP contribution in [0.1, 0.15) is 11.1 Å². The molecule has 1 amide bonds. The van der Waals surface area contributed by atoms with E-state index in [4.69, 9.17) is 4.74 Å². The Kier molecular flexibility index (Phi) is 5.11. The molecule has 1 fully saturated rings. The van der Waals surface area contributed by atoms with Gasteiger partial charge in [0.1, 0.15) is 6.10 Å². The molecule has 7 nitrogen and oxygen atoms in total. The highest BCUT2D eigenvalue weighted by atomic mass is 16.5. The first-order valence-corrected chi connectivity index (χ1v) is 10.2. The van der Waals surface area contributed by atoms with E-state index in [0.29, 0.717) is 25.5 Å². The first kappa shape index (κ1) is 18.7. The van der Waals surface area contributed by atoms with E-state index < -0.39 is 6.10 Å². The van der Waals surface area contributed by atoms with Crippen molar-refractivity contribution >= 4 is 11.7 Å². The highest BCUT2D eigenvalue weighted by molar-refractivity contribution is 5.81. The molecule has 1 atom stereocenters. The molecule has 0 spiro atoms. The smallest absolute Gasteiger partial charge is 0.249 e. The number of rotatable bonds is 5. The molecule has 2 aromatic heterocycles. The summed E-state index contributed by atoms with van der Waals surface area (Å²) >= 11 is 0. The minimum absolute atomic E-state index is 0.0237. The average Bonchev–Trinajstić information content (AvgIpc) is 2.78. The molecular weight excluding hydrogens is 378 g/mol. The van der Waals surface area contributed by atoms with Crippen molar-refractivity contribution in [3.8, 4) is 11.3 Å². The number of nitrogens with one attached hydrogen (secondary N) is 1. The summed E-state index contributed by atoms with van der Waals surface area (Å²) in [7, 11) is 0. The van der Waals surface area contributed by atoms with Gasteiger partial charge in [0.2, 0.25) is 5.91 Å². The van der Waals surface area contributed by atoms with Crippen molar-refractivity contribution in [2.24, 2.45) is 5.92 Å². The third-order valence-corrected chi connectivity index (χ3v) is 5.73. The molecule has 3 aromatic rings. The van der Waals surface area contributed by atoms with E-state index in [0.717, 1.165) is 30.2 Å². The Morgan fingerprint density at radius 3 is 2.60 bits per heavy atom. The third kappa shape index (κ3) is 3.89. The number of benzene rings is 1. The molecule has 1 unspecified atom stereocenters. The Morgan fingerprint density at radius 2 is 1.83 bits per heavy atom. The van der Waals surface area contributed by atoms with Crippen molar-refractivity contribution in [2.75, 3.05) is 24.5 Å². The van der Waals surface area contributed by atoms with Gasteiger partial charge in [-0.05, 0) is 35.4 Å². The Balaban J connectivity index is 1.09. The monoisotopic (exact) mass is 401 g/mol. The largest absolute Gasteiger partial charge is 0.363 e. The van der Waals surface area contributed by atoms with Gasteiger partial charge < -0.3 is 15.0 Å². The van der Waals surface area contributed by atoms with Gasteiger partial charge in [0, 0.05) is 49.9 Å². The van der Waals surface area contributed by atoms with Crippen LogP contribution in [0.2, 0.25) is 0 Å². The van der Waals surface area contributed by atoms with Crippen molar-refractivity contribution < 1.29 is 9.53 Å². The van der Waals surface area contributed by atoms with E-state index in [1.807, 2.05) is 36.4 Å². The third-order valence-electron chi connectivity index (χ3n) is 5.73. The van der Waals surface area contributed by atoms with Crippen molar-refractivity contribution in [2.45, 2.75) is 19.1 Å². The molecule has 7 heteroatoms. The predicted octanol–water partition coefficient (Wildman–Crippen LogP) is 2.23. The fourth-order valence-corrected chi connectivity index (χ4v) is 3.93. The number of hydrogen-bond acceptors (Lipinski definition) is 6. The topological polar surface area (TPSA) is 80.2 Å². The number of nitrogens with zero attached hydrogens (tertiary/aromatic N) is 4. The summed E-state index contributed by atoms with van der Waals surface area (Å²) in [5, 5.41) is 11.7. The van der Waals surface area contributed by atoms with Crippen LogP contribution in [-0.4, -0.2) is 46.8 Å². The molecule has 1 saturated heterocycles. The molecule has 0 radical (unpaired) electrons. The maximum Gasteiger partial charge on any atom is 0.249 e. The van der Waals surface area contributed by atoms with Gasteiger partial charge in [0.05, 0.1) is 12.3 Å². The summed E-state index contributed by atoms with van der Waals surface area (Å²) < 4.78 is 5.74. The summed E-state index contributed by atoms with van der Waals surface area (Å²) in [6.45, 7) is 2.87. The number of aromatic nitrogens is 3. The molecule has 0 saturated carbocycles. The number of hydrogen-bond donors (Lipinski definition) is 1. The normalized spacial score (nSPS) is 18.4. The lowest BCUT2D eigenvalue weighted by Gasteiger charge is -2.40. The van der Waals surface area contributed by atoms with Crippen LogP contribution >= 0.6 is 0 Å². The SMILES string of the molecule is O=C(NCC1CN(c2ccc(-c3ccncc3)nn2)C1)C1Cc2ccccc2CO1. The van der Waals surface area contributed by atoms with Crippen molar-refractivity contribution in [3.05, 3.63) is 72.1 Å². The van der Waals surface area contributed by atoms with Crippen LogP contribution < -0.4 is 10.2 Å². The quantitative estimate of drug-likeness (QED) is 0.706. The van der Waals surface area contributed by atoms with E-state index in [1.165, 1.54) is 11.1 Å². The van der Waals surface area contributed by atoms with Gasteiger partial charge in [0.15, 0.2) is 5.82 Å². The molecule has 2 aliphatic rings. The van der Waals surface area contributed by atoms with Crippen molar-refractivity contribution in [3.63, 3.8) is 0 Å². The van der Waals surface area contributed by atoms with Gasteiger partial charge in [-0.25, -0.2) is 0 Å². The van der Waals surface area contributed by atoms with Gasteiger partial charge in [-0.1, -0.05) is 24.3 Å². The zero-order valence-corrected chi connectivity index (χ0v) is 16.6. The fraction of sp³-hybridized carbons (Fsp3) is 0.304. The van der Waals surface area contributed by atoms with Crippen LogP contribution in [0.25, 0.3) is 11.3 Å². The number of amides is 1. The van der Waals surface area contributed by atoms with Gasteiger partial charge in [-0.15, -0.1) is 10.2 Å². The highest BCUT2D eigenvalue weighted by Crippen LogP contribution is 2.24. The second-order valence-electron chi connectivity index (χ2n) is 7.80. The number of carbonyl (C=O) groups is 1. The fourth-order valence-electron chi connectivity index (χ4n) is 3.93. The van der Waals surface area contributed by atoms with E-state index in [-0.39, 0.29) is 5.91 Å². The number of ether oxygens (including phenoxy) is 1. The first-order valence-electron chi connectivity index (χ1n) is 10.2.